The number of benzene rings is 2. The van der Waals surface area contributed by atoms with Gasteiger partial charge in [0.2, 0.25) is 11.8 Å². The van der Waals surface area contributed by atoms with Crippen molar-refractivity contribution in [3.05, 3.63) is 54.3 Å². The molecule has 1 N–H and O–H groups in total. The van der Waals surface area contributed by atoms with Gasteiger partial charge in [-0.15, -0.1) is 0 Å². The summed E-state index contributed by atoms with van der Waals surface area (Å²) in [6.07, 6.45) is 1.48. The van der Waals surface area contributed by atoms with Gasteiger partial charge in [0.05, 0.1) is 31.9 Å². The van der Waals surface area contributed by atoms with Crippen LogP contribution in [0, 0.1) is 11.7 Å². The molecule has 0 spiro atoms. The number of piperidine rings is 1. The zero-order chi connectivity index (χ0) is 23.0. The Balaban J connectivity index is 1.21. The number of amides is 2. The number of likely N-dealkylation sites (tertiary alicyclic amines) is 1. The Morgan fingerprint density at radius 2 is 1.76 bits per heavy atom. The molecule has 2 aliphatic rings. The van der Waals surface area contributed by atoms with E-state index in [1.54, 1.807) is 17.0 Å². The Kier molecular flexibility index (Phi) is 7.78. The highest BCUT2D eigenvalue weighted by atomic mass is 19.1. The maximum atomic E-state index is 14.6. The molecule has 0 unspecified atom stereocenters. The average Bonchev–Trinajstić information content (AvgIpc) is 2.85. The predicted octanol–water partition coefficient (Wildman–Crippen LogP) is 3.31. The van der Waals surface area contributed by atoms with E-state index in [-0.39, 0.29) is 23.5 Å². The molecule has 2 aromatic carbocycles. The summed E-state index contributed by atoms with van der Waals surface area (Å²) < 4.78 is 25.5. The van der Waals surface area contributed by atoms with Gasteiger partial charge in [0.15, 0.2) is 0 Å². The van der Waals surface area contributed by atoms with E-state index >= 15 is 0 Å². The summed E-state index contributed by atoms with van der Waals surface area (Å²) in [6, 6.07) is 14.2. The number of nitrogens with zero attached hydrogens (tertiary/aromatic N) is 2. The Morgan fingerprint density at radius 3 is 2.45 bits per heavy atom. The standard InChI is InChI=1S/C25H30FN3O4/c26-22-18-20(6-7-23(22)28-13-16-32-17-14-28)27-25(31)19-8-11-29(12-9-19)24(30)10-15-33-21-4-2-1-3-5-21/h1-7,18-19H,8-17H2,(H,27,31). The third-order valence-corrected chi connectivity index (χ3v) is 6.11. The Labute approximate surface area is 193 Å². The molecule has 0 bridgehead atoms. The van der Waals surface area contributed by atoms with Crippen molar-refractivity contribution in [1.82, 2.24) is 4.90 Å². The predicted molar refractivity (Wildman–Crippen MR) is 124 cm³/mol. The number of carbonyl (C=O) groups excluding carboxylic acids is 2. The molecule has 176 valence electrons. The molecule has 0 aliphatic carbocycles. The van der Waals surface area contributed by atoms with Crippen LogP contribution in [0.3, 0.4) is 0 Å². The fraction of sp³-hybridized carbons (Fsp3) is 0.440. The highest BCUT2D eigenvalue weighted by Gasteiger charge is 2.27. The molecule has 2 heterocycles. The van der Waals surface area contributed by atoms with E-state index < -0.39 is 0 Å². The van der Waals surface area contributed by atoms with Gasteiger partial charge in [-0.2, -0.15) is 0 Å². The summed E-state index contributed by atoms with van der Waals surface area (Å²) in [5, 5.41) is 2.83. The first-order valence-corrected chi connectivity index (χ1v) is 11.5. The van der Waals surface area contributed by atoms with Crippen molar-refractivity contribution < 1.29 is 23.5 Å². The molecule has 0 aromatic heterocycles. The highest BCUT2D eigenvalue weighted by molar-refractivity contribution is 5.93. The van der Waals surface area contributed by atoms with Crippen LogP contribution in [-0.4, -0.2) is 62.7 Å². The molecule has 2 aromatic rings. The average molecular weight is 456 g/mol. The molecule has 2 amide bonds. The normalized spacial score (nSPS) is 17.0. The molecule has 2 aliphatic heterocycles. The third kappa shape index (κ3) is 6.22. The lowest BCUT2D eigenvalue weighted by atomic mass is 9.95. The van der Waals surface area contributed by atoms with E-state index in [9.17, 15) is 14.0 Å². The van der Waals surface area contributed by atoms with Crippen molar-refractivity contribution in [2.75, 3.05) is 56.2 Å². The summed E-state index contributed by atoms with van der Waals surface area (Å²) in [6.45, 7) is 3.86. The molecule has 2 saturated heterocycles. The molecule has 4 rings (SSSR count). The summed E-state index contributed by atoms with van der Waals surface area (Å²) >= 11 is 0. The second kappa shape index (κ2) is 11.1. The van der Waals surface area contributed by atoms with Crippen molar-refractivity contribution in [2.45, 2.75) is 19.3 Å². The van der Waals surface area contributed by atoms with Gasteiger partial charge in [0, 0.05) is 37.8 Å². The van der Waals surface area contributed by atoms with Crippen LogP contribution in [0.1, 0.15) is 19.3 Å². The van der Waals surface area contributed by atoms with Gasteiger partial charge in [-0.05, 0) is 43.2 Å². The van der Waals surface area contributed by atoms with Crippen LogP contribution >= 0.6 is 0 Å². The zero-order valence-electron chi connectivity index (χ0n) is 18.7. The third-order valence-electron chi connectivity index (χ3n) is 6.11. The van der Waals surface area contributed by atoms with E-state index in [2.05, 4.69) is 5.32 Å². The van der Waals surface area contributed by atoms with E-state index in [0.717, 1.165) is 5.75 Å². The van der Waals surface area contributed by atoms with Gasteiger partial charge in [-0.3, -0.25) is 9.59 Å². The molecule has 2 fully saturated rings. The fourth-order valence-electron chi connectivity index (χ4n) is 4.21. The van der Waals surface area contributed by atoms with Gasteiger partial charge in [0.25, 0.3) is 0 Å². The minimum atomic E-state index is -0.354. The van der Waals surface area contributed by atoms with Crippen LogP contribution < -0.4 is 15.0 Å². The van der Waals surface area contributed by atoms with E-state index in [0.29, 0.717) is 76.6 Å². The van der Waals surface area contributed by atoms with Crippen LogP contribution in [0.2, 0.25) is 0 Å². The fourth-order valence-corrected chi connectivity index (χ4v) is 4.21. The van der Waals surface area contributed by atoms with Crippen LogP contribution in [0.4, 0.5) is 15.8 Å². The molecule has 33 heavy (non-hydrogen) atoms. The number of rotatable bonds is 7. The molecule has 0 radical (unpaired) electrons. The number of hydrogen-bond acceptors (Lipinski definition) is 5. The van der Waals surface area contributed by atoms with Crippen LogP contribution in [0.25, 0.3) is 0 Å². The van der Waals surface area contributed by atoms with Crippen LogP contribution in [-0.2, 0) is 14.3 Å². The van der Waals surface area contributed by atoms with Crippen molar-refractivity contribution in [2.24, 2.45) is 5.92 Å². The summed E-state index contributed by atoms with van der Waals surface area (Å²) in [7, 11) is 0. The van der Waals surface area contributed by atoms with Crippen LogP contribution in [0.5, 0.6) is 5.75 Å². The van der Waals surface area contributed by atoms with Gasteiger partial charge in [-0.1, -0.05) is 18.2 Å². The number of para-hydroxylation sites is 1. The lowest BCUT2D eigenvalue weighted by Gasteiger charge is -2.31. The summed E-state index contributed by atoms with van der Waals surface area (Å²) in [4.78, 5) is 28.9. The van der Waals surface area contributed by atoms with Crippen molar-refractivity contribution in [3.63, 3.8) is 0 Å². The molecule has 7 nitrogen and oxygen atoms in total. The maximum Gasteiger partial charge on any atom is 0.227 e. The van der Waals surface area contributed by atoms with Gasteiger partial charge < -0.3 is 24.6 Å². The number of hydrogen-bond donors (Lipinski definition) is 1. The number of morpholine rings is 1. The van der Waals surface area contributed by atoms with Gasteiger partial charge in [-0.25, -0.2) is 4.39 Å². The van der Waals surface area contributed by atoms with Crippen LogP contribution in [0.15, 0.2) is 48.5 Å². The smallest absolute Gasteiger partial charge is 0.227 e. The first-order chi connectivity index (χ1) is 16.1. The highest BCUT2D eigenvalue weighted by Crippen LogP contribution is 2.25. The minimum Gasteiger partial charge on any atom is -0.493 e. The number of ether oxygens (including phenoxy) is 2. The quantitative estimate of drug-likeness (QED) is 0.694. The molecule has 0 atom stereocenters. The summed E-state index contributed by atoms with van der Waals surface area (Å²) in [5.74, 6) is 0.0955. The number of anilines is 2. The SMILES string of the molecule is O=C(Nc1ccc(N2CCOCC2)c(F)c1)C1CCN(C(=O)CCOc2ccccc2)CC1. The molecule has 0 saturated carbocycles. The Hall–Kier alpha value is -3.13. The first-order valence-electron chi connectivity index (χ1n) is 11.5. The van der Waals surface area contributed by atoms with E-state index in [1.807, 2.05) is 35.2 Å². The first kappa shape index (κ1) is 23.0. The lowest BCUT2D eigenvalue weighted by Crippen LogP contribution is -2.41. The second-order valence-corrected chi connectivity index (χ2v) is 8.32. The monoisotopic (exact) mass is 455 g/mol. The van der Waals surface area contributed by atoms with Crippen molar-refractivity contribution >= 4 is 23.2 Å². The lowest BCUT2D eigenvalue weighted by molar-refractivity contribution is -0.135. The van der Waals surface area contributed by atoms with Gasteiger partial charge >= 0.3 is 0 Å². The number of carbonyl (C=O) groups is 2. The van der Waals surface area contributed by atoms with E-state index in [4.69, 9.17) is 9.47 Å². The molecule has 8 heteroatoms. The molecular formula is C25H30FN3O4. The topological polar surface area (TPSA) is 71.1 Å². The van der Waals surface area contributed by atoms with Gasteiger partial charge in [0.1, 0.15) is 11.6 Å². The summed E-state index contributed by atoms with van der Waals surface area (Å²) in [5.41, 5.74) is 0.977. The van der Waals surface area contributed by atoms with Crippen molar-refractivity contribution in [1.29, 1.82) is 0 Å². The largest absolute Gasteiger partial charge is 0.493 e. The zero-order valence-corrected chi connectivity index (χ0v) is 18.7. The molecular weight excluding hydrogens is 425 g/mol. The number of halogens is 1. The Morgan fingerprint density at radius 1 is 1.03 bits per heavy atom. The van der Waals surface area contributed by atoms with Crippen molar-refractivity contribution in [3.8, 4) is 5.75 Å². The maximum absolute atomic E-state index is 14.6. The number of nitrogens with one attached hydrogen (secondary N) is 1. The second-order valence-electron chi connectivity index (χ2n) is 8.32. The Bertz CT molecular complexity index is 942. The minimum absolute atomic E-state index is 0.0329. The van der Waals surface area contributed by atoms with E-state index in [1.165, 1.54) is 6.07 Å².